The van der Waals surface area contributed by atoms with Gasteiger partial charge in [-0.3, -0.25) is 9.69 Å². The van der Waals surface area contributed by atoms with Crippen LogP contribution < -0.4 is 14.4 Å². The largest absolute Gasteiger partial charge is 0.493 e. The van der Waals surface area contributed by atoms with E-state index in [-0.39, 0.29) is 5.91 Å². The van der Waals surface area contributed by atoms with E-state index in [2.05, 4.69) is 15.9 Å². The first-order valence-corrected chi connectivity index (χ1v) is 9.31. The first-order chi connectivity index (χ1) is 12.0. The lowest BCUT2D eigenvalue weighted by Crippen LogP contribution is -2.27. The summed E-state index contributed by atoms with van der Waals surface area (Å²) in [4.78, 5) is 14.9. The van der Waals surface area contributed by atoms with Crippen molar-refractivity contribution in [2.24, 2.45) is 0 Å². The van der Waals surface area contributed by atoms with Crippen molar-refractivity contribution in [3.05, 3.63) is 57.4 Å². The first-order valence-electron chi connectivity index (χ1n) is 7.29. The van der Waals surface area contributed by atoms with Crippen molar-refractivity contribution in [1.29, 1.82) is 0 Å². The lowest BCUT2D eigenvalue weighted by molar-refractivity contribution is -0.113. The molecule has 128 valence electrons. The second kappa shape index (κ2) is 7.59. The number of thioether (sulfide) groups is 1. The monoisotopic (exact) mass is 435 g/mol. The lowest BCUT2D eigenvalue weighted by Gasteiger charge is -2.14. The third-order valence-electron chi connectivity index (χ3n) is 3.56. The molecular formula is C18H14BrNO3S2. The summed E-state index contributed by atoms with van der Waals surface area (Å²) in [6.07, 6.45) is 1.80. The fourth-order valence-electron chi connectivity index (χ4n) is 2.44. The predicted octanol–water partition coefficient (Wildman–Crippen LogP) is 4.87. The van der Waals surface area contributed by atoms with Crippen LogP contribution in [0.15, 0.2) is 51.8 Å². The minimum absolute atomic E-state index is 0.132. The summed E-state index contributed by atoms with van der Waals surface area (Å²) in [6, 6.07) is 13.1. The molecule has 1 aliphatic rings. The number of carbonyl (C=O) groups excluding carboxylic acids is 1. The van der Waals surface area contributed by atoms with E-state index in [9.17, 15) is 4.79 Å². The second-order valence-corrected chi connectivity index (χ2v) is 7.62. The summed E-state index contributed by atoms with van der Waals surface area (Å²) in [5.41, 5.74) is 1.58. The van der Waals surface area contributed by atoms with Crippen LogP contribution in [0, 0.1) is 0 Å². The van der Waals surface area contributed by atoms with Gasteiger partial charge >= 0.3 is 0 Å². The molecule has 2 aromatic rings. The van der Waals surface area contributed by atoms with E-state index in [4.69, 9.17) is 21.7 Å². The van der Waals surface area contributed by atoms with Crippen molar-refractivity contribution in [2.75, 3.05) is 19.1 Å². The van der Waals surface area contributed by atoms with Crippen LogP contribution in [0.4, 0.5) is 5.69 Å². The number of rotatable bonds is 4. The van der Waals surface area contributed by atoms with E-state index in [1.165, 1.54) is 11.8 Å². The van der Waals surface area contributed by atoms with Crippen LogP contribution in [0.1, 0.15) is 5.56 Å². The molecule has 0 unspecified atom stereocenters. The van der Waals surface area contributed by atoms with Crippen molar-refractivity contribution in [3.8, 4) is 11.5 Å². The second-order valence-electron chi connectivity index (χ2n) is 5.09. The molecule has 0 aliphatic carbocycles. The molecule has 0 atom stereocenters. The molecule has 1 heterocycles. The third kappa shape index (κ3) is 3.58. The number of para-hydroxylation sites is 1. The Bertz CT molecular complexity index is 868. The van der Waals surface area contributed by atoms with E-state index in [0.717, 1.165) is 15.7 Å². The van der Waals surface area contributed by atoms with Gasteiger partial charge < -0.3 is 9.47 Å². The summed E-state index contributed by atoms with van der Waals surface area (Å²) < 4.78 is 11.9. The van der Waals surface area contributed by atoms with Crippen LogP contribution in [-0.2, 0) is 4.79 Å². The maximum absolute atomic E-state index is 12.8. The Hall–Kier alpha value is -1.83. The highest BCUT2D eigenvalue weighted by Crippen LogP contribution is 2.39. The number of amides is 1. The molecule has 1 saturated heterocycles. The number of thiocarbonyl (C=S) groups is 1. The Morgan fingerprint density at radius 3 is 2.52 bits per heavy atom. The normalized spacial score (nSPS) is 15.8. The summed E-state index contributed by atoms with van der Waals surface area (Å²) in [7, 11) is 3.15. The predicted molar refractivity (Wildman–Crippen MR) is 109 cm³/mol. The summed E-state index contributed by atoms with van der Waals surface area (Å²) in [6.45, 7) is 0. The van der Waals surface area contributed by atoms with Gasteiger partial charge in [0, 0.05) is 0 Å². The number of hydrogen-bond acceptors (Lipinski definition) is 5. The van der Waals surface area contributed by atoms with Crippen molar-refractivity contribution in [2.45, 2.75) is 0 Å². The van der Waals surface area contributed by atoms with E-state index in [1.807, 2.05) is 42.5 Å². The van der Waals surface area contributed by atoms with Gasteiger partial charge in [0.05, 0.1) is 29.3 Å². The summed E-state index contributed by atoms with van der Waals surface area (Å²) >= 11 is 10.1. The zero-order valence-corrected chi connectivity index (χ0v) is 16.7. The van der Waals surface area contributed by atoms with Crippen LogP contribution in [0.25, 0.3) is 6.08 Å². The van der Waals surface area contributed by atoms with E-state index >= 15 is 0 Å². The van der Waals surface area contributed by atoms with Gasteiger partial charge in [0.15, 0.2) is 15.8 Å². The summed E-state index contributed by atoms with van der Waals surface area (Å²) in [5.74, 6) is 1.06. The van der Waals surface area contributed by atoms with Gasteiger partial charge in [-0.25, -0.2) is 0 Å². The van der Waals surface area contributed by atoms with Crippen molar-refractivity contribution < 1.29 is 14.3 Å². The van der Waals surface area contributed by atoms with E-state index in [1.54, 1.807) is 25.2 Å². The fraction of sp³-hybridized carbons (Fsp3) is 0.111. The van der Waals surface area contributed by atoms with Gasteiger partial charge in [0.25, 0.3) is 5.91 Å². The quantitative estimate of drug-likeness (QED) is 0.505. The lowest BCUT2D eigenvalue weighted by atomic mass is 10.2. The van der Waals surface area contributed by atoms with Gasteiger partial charge in [-0.15, -0.1) is 0 Å². The smallest absolute Gasteiger partial charge is 0.270 e. The number of benzene rings is 2. The molecule has 1 fully saturated rings. The molecule has 0 radical (unpaired) electrons. The molecule has 7 heteroatoms. The first kappa shape index (κ1) is 18.0. The van der Waals surface area contributed by atoms with Gasteiger partial charge in [0.1, 0.15) is 0 Å². The van der Waals surface area contributed by atoms with Crippen molar-refractivity contribution >= 4 is 61.9 Å². The van der Waals surface area contributed by atoms with E-state index in [0.29, 0.717) is 20.7 Å². The number of nitrogens with zero attached hydrogens (tertiary/aromatic N) is 1. The van der Waals surface area contributed by atoms with Crippen molar-refractivity contribution in [3.63, 3.8) is 0 Å². The highest BCUT2D eigenvalue weighted by Gasteiger charge is 2.33. The Kier molecular flexibility index (Phi) is 5.46. The molecule has 0 aromatic heterocycles. The maximum Gasteiger partial charge on any atom is 0.270 e. The number of methoxy groups -OCH3 is 2. The maximum atomic E-state index is 12.8. The molecule has 25 heavy (non-hydrogen) atoms. The average molecular weight is 436 g/mol. The van der Waals surface area contributed by atoms with Crippen molar-refractivity contribution in [1.82, 2.24) is 0 Å². The SMILES string of the molecule is COc1cc(/C=C2\SC(=S)N(c3ccccc3)C2=O)cc(Br)c1OC. The number of hydrogen-bond donors (Lipinski definition) is 0. The Morgan fingerprint density at radius 1 is 1.16 bits per heavy atom. The molecule has 0 N–H and O–H groups in total. The standard InChI is InChI=1S/C18H14BrNO3S2/c1-22-14-9-11(8-13(19)16(14)23-2)10-15-17(21)20(18(24)25-15)12-6-4-3-5-7-12/h3-10H,1-2H3/b15-10-. The highest BCUT2D eigenvalue weighted by molar-refractivity contribution is 9.10. The van der Waals surface area contributed by atoms with E-state index < -0.39 is 0 Å². The van der Waals surface area contributed by atoms with Crippen LogP contribution in [-0.4, -0.2) is 24.4 Å². The molecule has 2 aromatic carbocycles. The molecule has 1 aliphatic heterocycles. The molecule has 0 saturated carbocycles. The zero-order chi connectivity index (χ0) is 18.0. The molecule has 0 bridgehead atoms. The number of halogens is 1. The average Bonchev–Trinajstić information content (AvgIpc) is 2.88. The molecular weight excluding hydrogens is 422 g/mol. The number of anilines is 1. The zero-order valence-electron chi connectivity index (χ0n) is 13.5. The topological polar surface area (TPSA) is 38.8 Å². The molecule has 0 spiro atoms. The van der Waals surface area contributed by atoms with Gasteiger partial charge in [-0.05, 0) is 51.8 Å². The number of carbonyl (C=O) groups is 1. The van der Waals surface area contributed by atoms with Gasteiger partial charge in [0.2, 0.25) is 0 Å². The minimum atomic E-state index is -0.132. The minimum Gasteiger partial charge on any atom is -0.493 e. The third-order valence-corrected chi connectivity index (χ3v) is 5.45. The van der Waals surface area contributed by atoms with Crippen LogP contribution >= 0.6 is 39.9 Å². The Balaban J connectivity index is 1.96. The van der Waals surface area contributed by atoms with Crippen LogP contribution in [0.2, 0.25) is 0 Å². The van der Waals surface area contributed by atoms with Gasteiger partial charge in [-0.2, -0.15) is 0 Å². The summed E-state index contributed by atoms with van der Waals surface area (Å²) in [5, 5.41) is 0. The van der Waals surface area contributed by atoms with Crippen LogP contribution in [0.3, 0.4) is 0 Å². The number of ether oxygens (including phenoxy) is 2. The Labute approximate surface area is 163 Å². The molecule has 3 rings (SSSR count). The Morgan fingerprint density at radius 2 is 1.88 bits per heavy atom. The molecule has 4 nitrogen and oxygen atoms in total. The van der Waals surface area contributed by atoms with Crippen LogP contribution in [0.5, 0.6) is 11.5 Å². The fourth-order valence-corrected chi connectivity index (χ4v) is 4.36. The van der Waals surface area contributed by atoms with Gasteiger partial charge in [-0.1, -0.05) is 42.2 Å². The molecule has 1 amide bonds. The highest BCUT2D eigenvalue weighted by atomic mass is 79.9.